The van der Waals surface area contributed by atoms with Gasteiger partial charge in [0.1, 0.15) is 6.17 Å². The van der Waals surface area contributed by atoms with Crippen molar-refractivity contribution in [2.75, 3.05) is 5.32 Å². The highest BCUT2D eigenvalue weighted by atomic mass is 35.5. The zero-order chi connectivity index (χ0) is 23.7. The second kappa shape index (κ2) is 9.33. The van der Waals surface area contributed by atoms with Gasteiger partial charge in [-0.2, -0.15) is 0 Å². The second-order valence-corrected chi connectivity index (χ2v) is 9.07. The second-order valence-electron chi connectivity index (χ2n) is 8.64. The number of carbonyl (C=O) groups excluding carboxylic acids is 2. The molecule has 0 radical (unpaired) electrons. The number of benzene rings is 3. The SMILES string of the molecule is CC1NN2C(=O)C=C(c3ccc(NC(=O)Cc4ccccc4)cc3)NC2C1c1ccc(Cl)cc1. The zero-order valence-electron chi connectivity index (χ0n) is 18.7. The molecule has 34 heavy (non-hydrogen) atoms. The Morgan fingerprint density at radius 3 is 2.41 bits per heavy atom. The number of nitrogens with zero attached hydrogens (tertiary/aromatic N) is 1. The van der Waals surface area contributed by atoms with Gasteiger partial charge in [-0.1, -0.05) is 66.2 Å². The summed E-state index contributed by atoms with van der Waals surface area (Å²) in [6.45, 7) is 2.07. The Morgan fingerprint density at radius 2 is 1.71 bits per heavy atom. The van der Waals surface area contributed by atoms with Crippen LogP contribution in [0.15, 0.2) is 84.9 Å². The van der Waals surface area contributed by atoms with Gasteiger partial charge in [-0.05, 0) is 47.9 Å². The number of fused-ring (bicyclic) bond motifs is 1. The van der Waals surface area contributed by atoms with Crippen molar-refractivity contribution in [3.8, 4) is 0 Å². The third-order valence-electron chi connectivity index (χ3n) is 6.25. The van der Waals surface area contributed by atoms with Crippen LogP contribution in [0.5, 0.6) is 0 Å². The minimum atomic E-state index is -0.228. The molecular formula is C27H25ClN4O2. The summed E-state index contributed by atoms with van der Waals surface area (Å²) in [7, 11) is 0. The van der Waals surface area contributed by atoms with Crippen LogP contribution in [-0.2, 0) is 16.0 Å². The fraction of sp³-hybridized carbons (Fsp3) is 0.185. The molecule has 6 nitrogen and oxygen atoms in total. The van der Waals surface area contributed by atoms with E-state index in [1.54, 1.807) is 11.1 Å². The number of hydrogen-bond acceptors (Lipinski definition) is 4. The van der Waals surface area contributed by atoms with Crippen LogP contribution in [0, 0.1) is 0 Å². The van der Waals surface area contributed by atoms with Crippen molar-refractivity contribution in [2.24, 2.45) is 0 Å². The Labute approximate surface area is 203 Å². The van der Waals surface area contributed by atoms with Crippen molar-refractivity contribution in [3.63, 3.8) is 0 Å². The van der Waals surface area contributed by atoms with E-state index in [2.05, 4.69) is 23.0 Å². The molecule has 7 heteroatoms. The smallest absolute Gasteiger partial charge is 0.264 e. The van der Waals surface area contributed by atoms with Crippen LogP contribution in [-0.4, -0.2) is 29.0 Å². The summed E-state index contributed by atoms with van der Waals surface area (Å²) in [4.78, 5) is 25.2. The molecule has 3 unspecified atom stereocenters. The van der Waals surface area contributed by atoms with Crippen molar-refractivity contribution < 1.29 is 9.59 Å². The summed E-state index contributed by atoms with van der Waals surface area (Å²) < 4.78 is 0. The molecule has 3 N–H and O–H groups in total. The fourth-order valence-corrected chi connectivity index (χ4v) is 4.73. The minimum absolute atomic E-state index is 0.0569. The molecule has 3 atom stereocenters. The Hall–Kier alpha value is -3.61. The molecule has 0 spiro atoms. The first-order valence-corrected chi connectivity index (χ1v) is 11.6. The lowest BCUT2D eigenvalue weighted by atomic mass is 9.90. The minimum Gasteiger partial charge on any atom is -0.363 e. The molecule has 0 aromatic heterocycles. The Balaban J connectivity index is 1.30. The molecule has 2 amide bonds. The van der Waals surface area contributed by atoms with Gasteiger partial charge in [-0.25, -0.2) is 5.43 Å². The van der Waals surface area contributed by atoms with E-state index in [0.29, 0.717) is 17.1 Å². The summed E-state index contributed by atoms with van der Waals surface area (Å²) in [6.07, 6.45) is 1.69. The Bertz CT molecular complexity index is 1230. The van der Waals surface area contributed by atoms with Gasteiger partial charge in [0.2, 0.25) is 5.91 Å². The van der Waals surface area contributed by atoms with Crippen molar-refractivity contribution in [2.45, 2.75) is 31.5 Å². The van der Waals surface area contributed by atoms with Gasteiger partial charge in [-0.3, -0.25) is 14.6 Å². The lowest BCUT2D eigenvalue weighted by molar-refractivity contribution is -0.131. The van der Waals surface area contributed by atoms with Crippen LogP contribution in [0.25, 0.3) is 5.70 Å². The van der Waals surface area contributed by atoms with E-state index in [4.69, 9.17) is 11.6 Å². The van der Waals surface area contributed by atoms with Gasteiger partial charge >= 0.3 is 0 Å². The van der Waals surface area contributed by atoms with Crippen LogP contribution < -0.4 is 16.1 Å². The number of anilines is 1. The van der Waals surface area contributed by atoms with Crippen molar-refractivity contribution in [3.05, 3.63) is 107 Å². The molecule has 2 aliphatic rings. The van der Waals surface area contributed by atoms with Gasteiger partial charge in [0, 0.05) is 34.4 Å². The molecule has 2 aliphatic heterocycles. The van der Waals surface area contributed by atoms with E-state index in [-0.39, 0.29) is 29.9 Å². The Kier molecular flexibility index (Phi) is 6.09. The van der Waals surface area contributed by atoms with Crippen LogP contribution >= 0.6 is 11.6 Å². The average Bonchev–Trinajstić information content (AvgIpc) is 3.17. The van der Waals surface area contributed by atoms with E-state index in [0.717, 1.165) is 22.4 Å². The highest BCUT2D eigenvalue weighted by Gasteiger charge is 2.44. The van der Waals surface area contributed by atoms with Crippen molar-refractivity contribution in [1.29, 1.82) is 0 Å². The van der Waals surface area contributed by atoms with E-state index < -0.39 is 0 Å². The first-order chi connectivity index (χ1) is 16.5. The molecule has 0 saturated carbocycles. The Morgan fingerprint density at radius 1 is 1.00 bits per heavy atom. The predicted octanol–water partition coefficient (Wildman–Crippen LogP) is 4.31. The van der Waals surface area contributed by atoms with Gasteiger partial charge in [0.25, 0.3) is 5.91 Å². The predicted molar refractivity (Wildman–Crippen MR) is 134 cm³/mol. The van der Waals surface area contributed by atoms with Crippen LogP contribution in [0.1, 0.15) is 29.5 Å². The summed E-state index contributed by atoms with van der Waals surface area (Å²) in [5.41, 5.74) is 7.70. The molecule has 3 aromatic carbocycles. The molecule has 172 valence electrons. The van der Waals surface area contributed by atoms with E-state index >= 15 is 0 Å². The third-order valence-corrected chi connectivity index (χ3v) is 6.50. The highest BCUT2D eigenvalue weighted by Crippen LogP contribution is 2.35. The van der Waals surface area contributed by atoms with Crippen LogP contribution in [0.2, 0.25) is 5.02 Å². The van der Waals surface area contributed by atoms with Gasteiger partial charge < -0.3 is 10.6 Å². The molecule has 3 aromatic rings. The molecular weight excluding hydrogens is 448 g/mol. The van der Waals surface area contributed by atoms with Gasteiger partial charge in [0.05, 0.1) is 6.42 Å². The van der Waals surface area contributed by atoms with E-state index in [1.165, 1.54) is 0 Å². The standard InChI is InChI=1S/C27H25ClN4O2/c1-17-26(20-7-11-21(28)12-8-20)27-30-23(16-25(34)32(27)31-17)19-9-13-22(14-10-19)29-24(33)15-18-5-3-2-4-6-18/h2-14,16-17,26-27,30-31H,15H2,1H3,(H,29,33). The molecule has 0 aliphatic carbocycles. The first kappa shape index (κ1) is 22.2. The number of carbonyl (C=O) groups is 2. The summed E-state index contributed by atoms with van der Waals surface area (Å²) in [5.74, 6) is -0.111. The fourth-order valence-electron chi connectivity index (χ4n) is 4.61. The highest BCUT2D eigenvalue weighted by molar-refractivity contribution is 6.30. The third kappa shape index (κ3) is 4.55. The largest absolute Gasteiger partial charge is 0.363 e. The normalized spacial score (nSPS) is 21.5. The quantitative estimate of drug-likeness (QED) is 0.517. The van der Waals surface area contributed by atoms with E-state index in [9.17, 15) is 9.59 Å². The lowest BCUT2D eigenvalue weighted by Gasteiger charge is -2.33. The zero-order valence-corrected chi connectivity index (χ0v) is 19.4. The van der Waals surface area contributed by atoms with Crippen molar-refractivity contribution in [1.82, 2.24) is 15.8 Å². The monoisotopic (exact) mass is 472 g/mol. The van der Waals surface area contributed by atoms with Crippen molar-refractivity contribution >= 4 is 34.8 Å². The number of halogens is 1. The molecule has 0 bridgehead atoms. The lowest BCUT2D eigenvalue weighted by Crippen LogP contribution is -2.52. The topological polar surface area (TPSA) is 73.5 Å². The number of hydrogen-bond donors (Lipinski definition) is 3. The number of nitrogens with one attached hydrogen (secondary N) is 3. The average molecular weight is 473 g/mol. The maximum absolute atomic E-state index is 12.9. The molecule has 1 saturated heterocycles. The number of hydrazine groups is 1. The number of amides is 2. The van der Waals surface area contributed by atoms with Gasteiger partial charge in [-0.15, -0.1) is 0 Å². The maximum Gasteiger partial charge on any atom is 0.264 e. The van der Waals surface area contributed by atoms with Crippen LogP contribution in [0.4, 0.5) is 5.69 Å². The molecule has 5 rings (SSSR count). The first-order valence-electron chi connectivity index (χ1n) is 11.3. The van der Waals surface area contributed by atoms with Gasteiger partial charge in [0.15, 0.2) is 0 Å². The van der Waals surface area contributed by atoms with E-state index in [1.807, 2.05) is 78.9 Å². The number of rotatable bonds is 5. The summed E-state index contributed by atoms with van der Waals surface area (Å²) in [5, 5.41) is 8.80. The molecule has 2 heterocycles. The molecule has 1 fully saturated rings. The summed E-state index contributed by atoms with van der Waals surface area (Å²) >= 11 is 6.07. The van der Waals surface area contributed by atoms with Crippen LogP contribution in [0.3, 0.4) is 0 Å². The summed E-state index contributed by atoms with van der Waals surface area (Å²) in [6, 6.07) is 25.0. The maximum atomic E-state index is 12.9.